The van der Waals surface area contributed by atoms with Gasteiger partial charge in [0.25, 0.3) is 0 Å². The third-order valence-electron chi connectivity index (χ3n) is 3.84. The van der Waals surface area contributed by atoms with E-state index in [0.29, 0.717) is 5.92 Å². The summed E-state index contributed by atoms with van der Waals surface area (Å²) in [6, 6.07) is 6.15. The average Bonchev–Trinajstić information content (AvgIpc) is 2.88. The highest BCUT2D eigenvalue weighted by Gasteiger charge is 2.36. The Morgan fingerprint density at radius 3 is 2.73 bits per heavy atom. The molecule has 1 nitrogen and oxygen atoms in total. The molecule has 2 aliphatic carbocycles. The van der Waals surface area contributed by atoms with E-state index in [4.69, 9.17) is 11.6 Å². The second-order valence-corrected chi connectivity index (χ2v) is 4.87. The maximum Gasteiger partial charge on any atom is 0.177 e. The number of Topliss-reactive ketones (excluding diaryl/α,β-unsaturated/α-hetero) is 1. The number of hydrogen-bond donors (Lipinski definition) is 0. The summed E-state index contributed by atoms with van der Waals surface area (Å²) in [5, 5.41) is 0. The average molecular weight is 221 g/mol. The van der Waals surface area contributed by atoms with Gasteiger partial charge in [0.2, 0.25) is 0 Å². The SMILES string of the molecule is O=C(CCl)c1ccc2c(c1)C1CCC2C1. The van der Waals surface area contributed by atoms with Crippen LogP contribution in [-0.4, -0.2) is 11.7 Å². The summed E-state index contributed by atoms with van der Waals surface area (Å²) in [6.07, 6.45) is 3.94. The van der Waals surface area contributed by atoms with Crippen LogP contribution in [0.2, 0.25) is 0 Å². The van der Waals surface area contributed by atoms with Crippen molar-refractivity contribution in [2.24, 2.45) is 0 Å². The molecule has 2 heteroatoms. The van der Waals surface area contributed by atoms with Gasteiger partial charge in [-0.3, -0.25) is 4.79 Å². The van der Waals surface area contributed by atoms with E-state index in [-0.39, 0.29) is 11.7 Å². The molecule has 1 aromatic rings. The normalized spacial score (nSPS) is 26.7. The molecule has 2 unspecified atom stereocenters. The van der Waals surface area contributed by atoms with Gasteiger partial charge < -0.3 is 0 Å². The lowest BCUT2D eigenvalue weighted by molar-refractivity contribution is 0.102. The van der Waals surface area contributed by atoms with Crippen molar-refractivity contribution in [2.75, 3.05) is 5.88 Å². The van der Waals surface area contributed by atoms with Crippen LogP contribution in [0.5, 0.6) is 0 Å². The third kappa shape index (κ3) is 1.33. The van der Waals surface area contributed by atoms with Crippen molar-refractivity contribution in [1.82, 2.24) is 0 Å². The summed E-state index contributed by atoms with van der Waals surface area (Å²) in [5.74, 6) is 1.62. The van der Waals surface area contributed by atoms with E-state index in [1.807, 2.05) is 6.07 Å². The monoisotopic (exact) mass is 220 g/mol. The number of carbonyl (C=O) groups is 1. The lowest BCUT2D eigenvalue weighted by atomic mass is 9.90. The van der Waals surface area contributed by atoms with Gasteiger partial charge in [-0.1, -0.05) is 12.1 Å². The molecule has 2 atom stereocenters. The molecule has 1 saturated carbocycles. The molecule has 15 heavy (non-hydrogen) atoms. The number of ketones is 1. The van der Waals surface area contributed by atoms with Crippen molar-refractivity contribution in [3.05, 3.63) is 34.9 Å². The molecule has 0 heterocycles. The first-order valence-corrected chi connectivity index (χ1v) is 6.06. The number of benzene rings is 1. The fourth-order valence-electron chi connectivity index (χ4n) is 3.10. The summed E-state index contributed by atoms with van der Waals surface area (Å²) < 4.78 is 0. The number of hydrogen-bond acceptors (Lipinski definition) is 1. The molecule has 1 aromatic carbocycles. The molecule has 3 rings (SSSR count). The van der Waals surface area contributed by atoms with E-state index in [0.717, 1.165) is 11.5 Å². The smallest absolute Gasteiger partial charge is 0.177 e. The first kappa shape index (κ1) is 9.41. The van der Waals surface area contributed by atoms with Gasteiger partial charge in [-0.2, -0.15) is 0 Å². The van der Waals surface area contributed by atoms with Gasteiger partial charge in [0.15, 0.2) is 5.78 Å². The second kappa shape index (κ2) is 3.34. The minimum absolute atomic E-state index is 0.0437. The second-order valence-electron chi connectivity index (χ2n) is 4.61. The summed E-state index contributed by atoms with van der Waals surface area (Å²) >= 11 is 5.57. The Morgan fingerprint density at radius 2 is 2.00 bits per heavy atom. The first-order chi connectivity index (χ1) is 7.29. The first-order valence-electron chi connectivity index (χ1n) is 5.52. The Balaban J connectivity index is 2.04. The number of carbonyl (C=O) groups excluding carboxylic acids is 1. The van der Waals surface area contributed by atoms with E-state index >= 15 is 0 Å². The van der Waals surface area contributed by atoms with E-state index in [9.17, 15) is 4.79 Å². The van der Waals surface area contributed by atoms with Gasteiger partial charge in [0.05, 0.1) is 5.88 Å². The fraction of sp³-hybridized carbons (Fsp3) is 0.462. The van der Waals surface area contributed by atoms with Gasteiger partial charge in [-0.05, 0) is 48.3 Å². The molecule has 1 fully saturated rings. The fourth-order valence-corrected chi connectivity index (χ4v) is 3.25. The van der Waals surface area contributed by atoms with Crippen LogP contribution >= 0.6 is 11.6 Å². The van der Waals surface area contributed by atoms with E-state index in [2.05, 4.69) is 12.1 Å². The van der Waals surface area contributed by atoms with Crippen molar-refractivity contribution in [1.29, 1.82) is 0 Å². The molecule has 0 radical (unpaired) electrons. The summed E-state index contributed by atoms with van der Waals surface area (Å²) in [7, 11) is 0. The molecular formula is C13H13ClO. The Kier molecular flexibility index (Phi) is 2.10. The number of fused-ring (bicyclic) bond motifs is 5. The minimum atomic E-state index is 0.0437. The molecule has 0 saturated heterocycles. The van der Waals surface area contributed by atoms with Crippen molar-refractivity contribution >= 4 is 17.4 Å². The van der Waals surface area contributed by atoms with Crippen LogP contribution in [-0.2, 0) is 0 Å². The zero-order valence-electron chi connectivity index (χ0n) is 8.50. The molecule has 0 aromatic heterocycles. The maximum atomic E-state index is 11.5. The highest BCUT2D eigenvalue weighted by atomic mass is 35.5. The van der Waals surface area contributed by atoms with Gasteiger partial charge in [0, 0.05) is 5.56 Å². The topological polar surface area (TPSA) is 17.1 Å². The number of halogens is 1. The zero-order chi connectivity index (χ0) is 10.4. The highest BCUT2D eigenvalue weighted by Crippen LogP contribution is 2.53. The van der Waals surface area contributed by atoms with Crippen molar-refractivity contribution < 1.29 is 4.79 Å². The molecule has 0 spiro atoms. The Labute approximate surface area is 94.4 Å². The molecule has 2 bridgehead atoms. The van der Waals surface area contributed by atoms with Crippen LogP contribution < -0.4 is 0 Å². The van der Waals surface area contributed by atoms with Crippen LogP contribution in [0.1, 0.15) is 52.6 Å². The molecule has 0 amide bonds. The number of rotatable bonds is 2. The van der Waals surface area contributed by atoms with Crippen LogP contribution in [0.4, 0.5) is 0 Å². The molecule has 0 N–H and O–H groups in total. The zero-order valence-corrected chi connectivity index (χ0v) is 9.26. The predicted molar refractivity (Wildman–Crippen MR) is 60.8 cm³/mol. The third-order valence-corrected chi connectivity index (χ3v) is 4.09. The van der Waals surface area contributed by atoms with E-state index in [1.165, 1.54) is 30.4 Å². The predicted octanol–water partition coefficient (Wildman–Crippen LogP) is 3.47. The van der Waals surface area contributed by atoms with Crippen LogP contribution in [0.3, 0.4) is 0 Å². The van der Waals surface area contributed by atoms with Crippen LogP contribution in [0.25, 0.3) is 0 Å². The van der Waals surface area contributed by atoms with Gasteiger partial charge in [0.1, 0.15) is 0 Å². The Morgan fingerprint density at radius 1 is 1.27 bits per heavy atom. The van der Waals surface area contributed by atoms with Crippen molar-refractivity contribution in [3.8, 4) is 0 Å². The molecular weight excluding hydrogens is 208 g/mol. The largest absolute Gasteiger partial charge is 0.293 e. The quantitative estimate of drug-likeness (QED) is 0.551. The minimum Gasteiger partial charge on any atom is -0.293 e. The summed E-state index contributed by atoms with van der Waals surface area (Å²) in [6.45, 7) is 0. The van der Waals surface area contributed by atoms with Crippen molar-refractivity contribution in [2.45, 2.75) is 31.1 Å². The number of alkyl halides is 1. The summed E-state index contributed by atoms with van der Waals surface area (Å²) in [4.78, 5) is 11.5. The molecule has 78 valence electrons. The van der Waals surface area contributed by atoms with Crippen molar-refractivity contribution in [3.63, 3.8) is 0 Å². The van der Waals surface area contributed by atoms with E-state index in [1.54, 1.807) is 0 Å². The van der Waals surface area contributed by atoms with Gasteiger partial charge in [-0.15, -0.1) is 11.6 Å². The Bertz CT molecular complexity index is 425. The lowest BCUT2D eigenvalue weighted by Crippen LogP contribution is -2.04. The van der Waals surface area contributed by atoms with Gasteiger partial charge >= 0.3 is 0 Å². The Hall–Kier alpha value is -0.820. The lowest BCUT2D eigenvalue weighted by Gasteiger charge is -2.15. The molecule has 2 aliphatic rings. The molecule has 0 aliphatic heterocycles. The standard InChI is InChI=1S/C13H13ClO/c14-7-13(15)10-3-4-11-8-1-2-9(5-8)12(11)6-10/h3-4,6,8-9H,1-2,5,7H2. The van der Waals surface area contributed by atoms with E-state index < -0.39 is 0 Å². The van der Waals surface area contributed by atoms with Gasteiger partial charge in [-0.25, -0.2) is 0 Å². The summed E-state index contributed by atoms with van der Waals surface area (Å²) in [5.41, 5.74) is 3.69. The van der Waals surface area contributed by atoms with Crippen LogP contribution in [0, 0.1) is 0 Å². The maximum absolute atomic E-state index is 11.5. The van der Waals surface area contributed by atoms with Crippen LogP contribution in [0.15, 0.2) is 18.2 Å². The highest BCUT2D eigenvalue weighted by molar-refractivity contribution is 6.30.